The van der Waals surface area contributed by atoms with Crippen LogP contribution in [0.3, 0.4) is 0 Å². The lowest BCUT2D eigenvalue weighted by molar-refractivity contribution is -0.167. The summed E-state index contributed by atoms with van der Waals surface area (Å²) in [7, 11) is 0. The zero-order valence-corrected chi connectivity index (χ0v) is 19.7. The smallest absolute Gasteiger partial charge is 0.248 e. The fourth-order valence-corrected chi connectivity index (χ4v) is 6.08. The summed E-state index contributed by atoms with van der Waals surface area (Å²) in [5.74, 6) is -0.0676. The fourth-order valence-electron chi connectivity index (χ4n) is 6.08. The number of carbonyl (C=O) groups excluding carboxylic acids is 2. The number of rotatable bonds is 4. The molecule has 1 spiro atoms. The molecule has 2 amide bonds. The Morgan fingerprint density at radius 2 is 1.65 bits per heavy atom. The van der Waals surface area contributed by atoms with Crippen LogP contribution in [0.25, 0.3) is 0 Å². The number of halogens is 1. The van der Waals surface area contributed by atoms with Crippen molar-refractivity contribution in [3.05, 3.63) is 71.5 Å². The molecule has 1 aliphatic carbocycles. The molecule has 6 heteroatoms. The van der Waals surface area contributed by atoms with Crippen molar-refractivity contribution < 1.29 is 18.7 Å². The Labute approximate surface area is 200 Å². The van der Waals surface area contributed by atoms with Gasteiger partial charge in [-0.05, 0) is 55.4 Å². The van der Waals surface area contributed by atoms with E-state index in [-0.39, 0.29) is 24.2 Å². The molecule has 0 radical (unpaired) electrons. The third-order valence-electron chi connectivity index (χ3n) is 8.00. The Morgan fingerprint density at radius 1 is 0.912 bits per heavy atom. The molecule has 2 saturated heterocycles. The van der Waals surface area contributed by atoms with Gasteiger partial charge in [-0.3, -0.25) is 9.59 Å². The second kappa shape index (κ2) is 9.49. The Kier molecular flexibility index (Phi) is 6.43. The number of likely N-dealkylation sites (tertiary alicyclic amines) is 1. The SMILES string of the molecule is O=C1COC2(CCCN(C(=O)C3(c4ccccc4)CCCC3)CC2)CN1Cc1ccc(F)cc1. The van der Waals surface area contributed by atoms with Gasteiger partial charge >= 0.3 is 0 Å². The first kappa shape index (κ1) is 23.0. The fraction of sp³-hybridized carbons (Fsp3) is 0.500. The summed E-state index contributed by atoms with van der Waals surface area (Å²) in [6.07, 6.45) is 6.39. The van der Waals surface area contributed by atoms with Gasteiger partial charge in [0, 0.05) is 19.6 Å². The normalized spacial score (nSPS) is 24.9. The van der Waals surface area contributed by atoms with Gasteiger partial charge in [0.15, 0.2) is 0 Å². The third-order valence-corrected chi connectivity index (χ3v) is 8.00. The molecule has 2 aromatic carbocycles. The summed E-state index contributed by atoms with van der Waals surface area (Å²) >= 11 is 0. The van der Waals surface area contributed by atoms with Crippen molar-refractivity contribution in [1.82, 2.24) is 9.80 Å². The molecule has 1 saturated carbocycles. The van der Waals surface area contributed by atoms with Crippen LogP contribution >= 0.6 is 0 Å². The van der Waals surface area contributed by atoms with E-state index in [0.717, 1.165) is 62.6 Å². The number of amides is 2. The van der Waals surface area contributed by atoms with Gasteiger partial charge < -0.3 is 14.5 Å². The number of ether oxygens (including phenoxy) is 1. The largest absolute Gasteiger partial charge is 0.363 e. The van der Waals surface area contributed by atoms with Crippen molar-refractivity contribution in [2.45, 2.75) is 62.5 Å². The van der Waals surface area contributed by atoms with Crippen molar-refractivity contribution in [2.75, 3.05) is 26.2 Å². The maximum absolute atomic E-state index is 13.9. The van der Waals surface area contributed by atoms with Gasteiger partial charge in [-0.15, -0.1) is 0 Å². The summed E-state index contributed by atoms with van der Waals surface area (Å²) in [4.78, 5) is 30.4. The summed E-state index contributed by atoms with van der Waals surface area (Å²) in [5, 5.41) is 0. The molecule has 0 aromatic heterocycles. The number of morpholine rings is 1. The van der Waals surface area contributed by atoms with E-state index in [0.29, 0.717) is 19.6 Å². The predicted molar refractivity (Wildman–Crippen MR) is 128 cm³/mol. The van der Waals surface area contributed by atoms with Crippen LogP contribution in [0.4, 0.5) is 4.39 Å². The van der Waals surface area contributed by atoms with E-state index in [4.69, 9.17) is 4.74 Å². The Bertz CT molecular complexity index is 1020. The van der Waals surface area contributed by atoms with Crippen molar-refractivity contribution in [1.29, 1.82) is 0 Å². The van der Waals surface area contributed by atoms with Crippen LogP contribution < -0.4 is 0 Å². The summed E-state index contributed by atoms with van der Waals surface area (Å²) in [6.45, 7) is 2.39. The van der Waals surface area contributed by atoms with E-state index in [1.165, 1.54) is 12.1 Å². The molecule has 2 aliphatic heterocycles. The Morgan fingerprint density at radius 3 is 2.38 bits per heavy atom. The van der Waals surface area contributed by atoms with E-state index >= 15 is 0 Å². The quantitative estimate of drug-likeness (QED) is 0.672. The second-order valence-corrected chi connectivity index (χ2v) is 10.1. The van der Waals surface area contributed by atoms with Gasteiger partial charge in [-0.25, -0.2) is 4.39 Å². The minimum Gasteiger partial charge on any atom is -0.363 e. The molecule has 2 aromatic rings. The molecule has 1 atom stereocenters. The zero-order chi connectivity index (χ0) is 23.6. The van der Waals surface area contributed by atoms with Crippen LogP contribution in [0, 0.1) is 5.82 Å². The summed E-state index contributed by atoms with van der Waals surface area (Å²) in [5.41, 5.74) is 1.21. The highest BCUT2D eigenvalue weighted by Gasteiger charge is 2.47. The number of hydrogen-bond acceptors (Lipinski definition) is 3. The first-order valence-corrected chi connectivity index (χ1v) is 12.5. The van der Waals surface area contributed by atoms with Crippen molar-refractivity contribution in [3.8, 4) is 0 Å². The van der Waals surface area contributed by atoms with Crippen LogP contribution in [-0.4, -0.2) is 53.5 Å². The Balaban J connectivity index is 1.29. The molecule has 5 rings (SSSR count). The van der Waals surface area contributed by atoms with Gasteiger partial charge in [0.05, 0.1) is 17.6 Å². The van der Waals surface area contributed by atoms with E-state index in [2.05, 4.69) is 17.0 Å². The molecule has 180 valence electrons. The summed E-state index contributed by atoms with van der Waals surface area (Å²) < 4.78 is 19.4. The highest BCUT2D eigenvalue weighted by atomic mass is 19.1. The molecule has 5 nitrogen and oxygen atoms in total. The monoisotopic (exact) mass is 464 g/mol. The number of hydrogen-bond donors (Lipinski definition) is 0. The summed E-state index contributed by atoms with van der Waals surface area (Å²) in [6, 6.07) is 16.6. The van der Waals surface area contributed by atoms with Crippen molar-refractivity contribution >= 4 is 11.8 Å². The number of nitrogens with zero attached hydrogens (tertiary/aromatic N) is 2. The first-order chi connectivity index (χ1) is 16.5. The van der Waals surface area contributed by atoms with E-state index in [1.807, 2.05) is 23.1 Å². The second-order valence-electron chi connectivity index (χ2n) is 10.1. The van der Waals surface area contributed by atoms with Crippen LogP contribution in [-0.2, 0) is 26.3 Å². The number of benzene rings is 2. The van der Waals surface area contributed by atoms with E-state index in [1.54, 1.807) is 12.1 Å². The molecule has 3 fully saturated rings. The van der Waals surface area contributed by atoms with Gasteiger partial charge in [-0.1, -0.05) is 55.3 Å². The molecular weight excluding hydrogens is 431 g/mol. The maximum atomic E-state index is 13.9. The molecule has 2 heterocycles. The molecule has 3 aliphatic rings. The minimum atomic E-state index is -0.432. The van der Waals surface area contributed by atoms with Crippen LogP contribution in [0.2, 0.25) is 0 Å². The molecule has 0 N–H and O–H groups in total. The van der Waals surface area contributed by atoms with Gasteiger partial charge in [-0.2, -0.15) is 0 Å². The average Bonchev–Trinajstić information content (AvgIpc) is 3.28. The zero-order valence-electron chi connectivity index (χ0n) is 19.7. The van der Waals surface area contributed by atoms with Crippen molar-refractivity contribution in [3.63, 3.8) is 0 Å². The van der Waals surface area contributed by atoms with Gasteiger partial charge in [0.2, 0.25) is 11.8 Å². The topological polar surface area (TPSA) is 49.9 Å². The maximum Gasteiger partial charge on any atom is 0.248 e. The number of carbonyl (C=O) groups is 2. The predicted octanol–water partition coefficient (Wildman–Crippen LogP) is 4.45. The van der Waals surface area contributed by atoms with E-state index in [9.17, 15) is 14.0 Å². The highest BCUT2D eigenvalue weighted by molar-refractivity contribution is 5.88. The lowest BCUT2D eigenvalue weighted by atomic mass is 9.77. The van der Waals surface area contributed by atoms with Crippen LogP contribution in [0.5, 0.6) is 0 Å². The van der Waals surface area contributed by atoms with Gasteiger partial charge in [0.25, 0.3) is 0 Å². The highest BCUT2D eigenvalue weighted by Crippen LogP contribution is 2.43. The standard InChI is InChI=1S/C28H33FN2O3/c29-24-11-9-22(10-12-24)19-31-21-27(34-20-25(31)32)13-6-17-30(18-16-27)26(33)28(14-4-5-15-28)23-7-2-1-3-8-23/h1-3,7-12H,4-6,13-21H2. The lowest BCUT2D eigenvalue weighted by Gasteiger charge is -2.42. The molecule has 1 unspecified atom stereocenters. The Hall–Kier alpha value is -2.73. The van der Waals surface area contributed by atoms with Crippen LogP contribution in [0.1, 0.15) is 56.1 Å². The molecule has 34 heavy (non-hydrogen) atoms. The van der Waals surface area contributed by atoms with Crippen LogP contribution in [0.15, 0.2) is 54.6 Å². The van der Waals surface area contributed by atoms with E-state index < -0.39 is 11.0 Å². The third kappa shape index (κ3) is 4.48. The average molecular weight is 465 g/mol. The van der Waals surface area contributed by atoms with Gasteiger partial charge in [0.1, 0.15) is 12.4 Å². The van der Waals surface area contributed by atoms with Crippen molar-refractivity contribution in [2.24, 2.45) is 0 Å². The minimum absolute atomic E-state index is 0.0406. The molecular formula is C28H33FN2O3. The lowest BCUT2D eigenvalue weighted by Crippen LogP contribution is -2.54. The molecule has 0 bridgehead atoms. The first-order valence-electron chi connectivity index (χ1n) is 12.5.